The maximum atomic E-state index is 13.2. The molecular formula is C21H22N4O4. The summed E-state index contributed by atoms with van der Waals surface area (Å²) in [6, 6.07) is 10.7. The van der Waals surface area contributed by atoms with Crippen LogP contribution in [0.25, 0.3) is 16.7 Å². The van der Waals surface area contributed by atoms with Crippen LogP contribution >= 0.6 is 0 Å². The van der Waals surface area contributed by atoms with Crippen molar-refractivity contribution in [2.45, 2.75) is 31.9 Å². The molecule has 0 aliphatic heterocycles. The Kier molecular flexibility index (Phi) is 4.71. The van der Waals surface area contributed by atoms with Gasteiger partial charge in [0.15, 0.2) is 5.65 Å². The Morgan fingerprint density at radius 1 is 1.28 bits per heavy atom. The third-order valence-corrected chi connectivity index (χ3v) is 5.02. The summed E-state index contributed by atoms with van der Waals surface area (Å²) >= 11 is 0. The molecule has 1 aromatic carbocycles. The molecule has 29 heavy (non-hydrogen) atoms. The lowest BCUT2D eigenvalue weighted by Gasteiger charge is -2.16. The van der Waals surface area contributed by atoms with Gasteiger partial charge in [-0.25, -0.2) is 9.78 Å². The molecule has 1 atom stereocenters. The topological polar surface area (TPSA) is 119 Å². The van der Waals surface area contributed by atoms with Gasteiger partial charge in [0.1, 0.15) is 11.4 Å². The number of methoxy groups -OCH3 is 1. The largest absolute Gasteiger partial charge is 0.465 e. The fourth-order valence-electron chi connectivity index (χ4n) is 3.24. The Balaban J connectivity index is 1.99. The van der Waals surface area contributed by atoms with E-state index in [1.165, 1.54) is 11.7 Å². The van der Waals surface area contributed by atoms with Crippen LogP contribution in [0.1, 0.15) is 41.8 Å². The molecule has 0 radical (unpaired) electrons. The standard InChI is InChI=1S/C21H22N4O4/c1-11(26)12-3-7-14(8-4-12)25-19-15(9-10-16(24-19)23-13-5-6-13)18(22)17(20(25)27)21(28)29-2/h3-4,7-11,13,26H,5-6,22H2,1-2H3,(H,23,24). The third-order valence-electron chi connectivity index (χ3n) is 5.02. The van der Waals surface area contributed by atoms with Crippen LogP contribution in [0, 0.1) is 0 Å². The van der Waals surface area contributed by atoms with Crippen LogP contribution in [0.5, 0.6) is 0 Å². The SMILES string of the molecule is COC(=O)c1c(N)c2ccc(NC3CC3)nc2n(-c2ccc(C(C)O)cc2)c1=O. The number of pyridine rings is 2. The highest BCUT2D eigenvalue weighted by Gasteiger charge is 2.25. The number of nitrogen functional groups attached to an aromatic ring is 1. The summed E-state index contributed by atoms with van der Waals surface area (Å²) in [7, 11) is 1.20. The zero-order valence-corrected chi connectivity index (χ0v) is 16.2. The highest BCUT2D eigenvalue weighted by atomic mass is 16.5. The van der Waals surface area contributed by atoms with Gasteiger partial charge in [0.2, 0.25) is 0 Å². The lowest BCUT2D eigenvalue weighted by atomic mass is 10.1. The van der Waals surface area contributed by atoms with Crippen molar-refractivity contribution in [1.82, 2.24) is 9.55 Å². The number of ether oxygens (including phenoxy) is 1. The van der Waals surface area contributed by atoms with Gasteiger partial charge in [0.05, 0.1) is 24.6 Å². The van der Waals surface area contributed by atoms with E-state index in [-0.39, 0.29) is 11.3 Å². The molecular weight excluding hydrogens is 372 g/mol. The molecule has 8 nitrogen and oxygen atoms in total. The fourth-order valence-corrected chi connectivity index (χ4v) is 3.24. The highest BCUT2D eigenvalue weighted by Crippen LogP contribution is 2.28. The van der Waals surface area contributed by atoms with Crippen LogP contribution in [0.2, 0.25) is 0 Å². The monoisotopic (exact) mass is 394 g/mol. The first kappa shape index (κ1) is 18.9. The van der Waals surface area contributed by atoms with Gasteiger partial charge in [-0.3, -0.25) is 9.36 Å². The molecule has 4 N–H and O–H groups in total. The molecule has 1 aliphatic carbocycles. The van der Waals surface area contributed by atoms with Crippen molar-refractivity contribution in [3.05, 3.63) is 57.9 Å². The van der Waals surface area contributed by atoms with Crippen LogP contribution in [-0.4, -0.2) is 33.8 Å². The lowest BCUT2D eigenvalue weighted by molar-refractivity contribution is 0.0600. The molecule has 1 aliphatic rings. The van der Waals surface area contributed by atoms with Gasteiger partial charge in [-0.1, -0.05) is 12.1 Å². The number of esters is 1. The van der Waals surface area contributed by atoms with Crippen molar-refractivity contribution in [2.75, 3.05) is 18.2 Å². The zero-order chi connectivity index (χ0) is 20.7. The molecule has 3 aromatic rings. The van der Waals surface area contributed by atoms with Gasteiger partial charge in [0.25, 0.3) is 5.56 Å². The molecule has 2 aromatic heterocycles. The maximum Gasteiger partial charge on any atom is 0.345 e. The Bertz CT molecular complexity index is 1150. The Hall–Kier alpha value is -3.39. The average Bonchev–Trinajstić information content (AvgIpc) is 3.52. The number of aromatic nitrogens is 2. The first-order valence-corrected chi connectivity index (χ1v) is 9.39. The normalized spacial score (nSPS) is 14.6. The number of hydrogen-bond donors (Lipinski definition) is 3. The van der Waals surface area contributed by atoms with E-state index in [4.69, 9.17) is 10.5 Å². The van der Waals surface area contributed by atoms with E-state index in [0.717, 1.165) is 12.8 Å². The van der Waals surface area contributed by atoms with Gasteiger partial charge in [-0.15, -0.1) is 0 Å². The van der Waals surface area contributed by atoms with Crippen LogP contribution in [0.3, 0.4) is 0 Å². The number of rotatable bonds is 5. The Morgan fingerprint density at radius 2 is 1.97 bits per heavy atom. The number of aliphatic hydroxyl groups excluding tert-OH is 1. The third kappa shape index (κ3) is 3.42. The molecule has 0 spiro atoms. The van der Waals surface area contributed by atoms with E-state index in [1.54, 1.807) is 43.3 Å². The molecule has 0 saturated heterocycles. The first-order chi connectivity index (χ1) is 13.9. The minimum absolute atomic E-state index is 0.0409. The van der Waals surface area contributed by atoms with Gasteiger partial charge in [0, 0.05) is 11.4 Å². The minimum atomic E-state index is -0.802. The van der Waals surface area contributed by atoms with Gasteiger partial charge in [-0.05, 0) is 49.6 Å². The van der Waals surface area contributed by atoms with E-state index in [9.17, 15) is 14.7 Å². The summed E-state index contributed by atoms with van der Waals surface area (Å²) in [6.07, 6.45) is 1.52. The molecule has 0 amide bonds. The number of carbonyl (C=O) groups excluding carboxylic acids is 1. The van der Waals surface area contributed by atoms with Crippen molar-refractivity contribution < 1.29 is 14.6 Å². The van der Waals surface area contributed by atoms with E-state index in [1.807, 2.05) is 0 Å². The highest BCUT2D eigenvalue weighted by molar-refractivity contribution is 6.04. The first-order valence-electron chi connectivity index (χ1n) is 9.39. The number of carbonyl (C=O) groups is 1. The van der Waals surface area contributed by atoms with Crippen LogP contribution in [0.4, 0.5) is 11.5 Å². The summed E-state index contributed by atoms with van der Waals surface area (Å²) in [5.41, 5.74) is 6.92. The number of fused-ring (bicyclic) bond motifs is 1. The molecule has 1 saturated carbocycles. The number of nitrogens with zero attached hydrogens (tertiary/aromatic N) is 2. The average molecular weight is 394 g/mol. The summed E-state index contributed by atoms with van der Waals surface area (Å²) in [5, 5.41) is 13.5. The van der Waals surface area contributed by atoms with Crippen molar-refractivity contribution in [3.8, 4) is 5.69 Å². The van der Waals surface area contributed by atoms with Gasteiger partial charge < -0.3 is 20.9 Å². The summed E-state index contributed by atoms with van der Waals surface area (Å²) < 4.78 is 6.12. The molecule has 8 heteroatoms. The van der Waals surface area contributed by atoms with Crippen molar-refractivity contribution in [1.29, 1.82) is 0 Å². The lowest BCUT2D eigenvalue weighted by Crippen LogP contribution is -2.28. The number of anilines is 2. The van der Waals surface area contributed by atoms with E-state index >= 15 is 0 Å². The molecule has 1 fully saturated rings. The number of hydrogen-bond acceptors (Lipinski definition) is 7. The van der Waals surface area contributed by atoms with Crippen molar-refractivity contribution in [3.63, 3.8) is 0 Å². The summed E-state index contributed by atoms with van der Waals surface area (Å²) in [4.78, 5) is 30.1. The van der Waals surface area contributed by atoms with Crippen LogP contribution in [-0.2, 0) is 4.74 Å². The van der Waals surface area contributed by atoms with E-state index in [0.29, 0.717) is 34.1 Å². The second-order valence-electron chi connectivity index (χ2n) is 7.17. The Labute approximate surface area is 166 Å². The Morgan fingerprint density at radius 3 is 2.55 bits per heavy atom. The van der Waals surface area contributed by atoms with Gasteiger partial charge in [-0.2, -0.15) is 0 Å². The van der Waals surface area contributed by atoms with E-state index < -0.39 is 17.6 Å². The summed E-state index contributed by atoms with van der Waals surface area (Å²) in [5.74, 6) is -0.164. The number of benzene rings is 1. The summed E-state index contributed by atoms with van der Waals surface area (Å²) in [6.45, 7) is 1.66. The van der Waals surface area contributed by atoms with Crippen LogP contribution in [0.15, 0.2) is 41.2 Å². The van der Waals surface area contributed by atoms with Crippen molar-refractivity contribution in [2.24, 2.45) is 0 Å². The quantitative estimate of drug-likeness (QED) is 0.568. The molecule has 1 unspecified atom stereocenters. The fraction of sp³-hybridized carbons (Fsp3) is 0.286. The molecule has 0 bridgehead atoms. The number of aliphatic hydroxyl groups is 1. The molecule has 4 rings (SSSR count). The number of nitrogens with two attached hydrogens (primary N) is 1. The second kappa shape index (κ2) is 7.21. The molecule has 150 valence electrons. The maximum absolute atomic E-state index is 13.2. The minimum Gasteiger partial charge on any atom is -0.465 e. The molecule has 2 heterocycles. The van der Waals surface area contributed by atoms with E-state index in [2.05, 4.69) is 10.3 Å². The predicted molar refractivity (Wildman–Crippen MR) is 110 cm³/mol. The predicted octanol–water partition coefficient (Wildman–Crippen LogP) is 2.38. The number of nitrogens with one attached hydrogen (secondary N) is 1. The van der Waals surface area contributed by atoms with Crippen LogP contribution < -0.4 is 16.6 Å². The van der Waals surface area contributed by atoms with Crippen molar-refractivity contribution >= 4 is 28.5 Å². The zero-order valence-electron chi connectivity index (χ0n) is 16.2. The second-order valence-corrected chi connectivity index (χ2v) is 7.17. The van der Waals surface area contributed by atoms with Gasteiger partial charge >= 0.3 is 5.97 Å². The smallest absolute Gasteiger partial charge is 0.345 e.